The molecule has 0 aliphatic carbocycles. The fraction of sp³-hybridized carbons (Fsp3) is 0. The van der Waals surface area contributed by atoms with Crippen molar-refractivity contribution in [3.05, 3.63) is 0 Å². The Morgan fingerprint density at radius 1 is 0.778 bits per heavy atom. The molecule has 0 spiro atoms. The molecule has 0 unspecified atom stereocenters. The maximum atomic E-state index is 8.54. The predicted molar refractivity (Wildman–Crippen MR) is 1.37 cm³/mol. The Bertz CT molecular complexity index is 69.1. The van der Waals surface area contributed by atoms with Crippen molar-refractivity contribution in [3.63, 3.8) is 0 Å². The predicted octanol–water partition coefficient (Wildman–Crippen LogP) is -5.00. The van der Waals surface area contributed by atoms with Crippen molar-refractivity contribution in [2.24, 2.45) is 0 Å². The van der Waals surface area contributed by atoms with Crippen LogP contribution in [-0.4, -0.2) is 0 Å². The van der Waals surface area contributed by atoms with Crippen LogP contribution in [-0.2, 0) is 58.2 Å². The molecule has 0 heterocycles. The van der Waals surface area contributed by atoms with E-state index in [1.54, 1.807) is 0 Å². The molecule has 0 saturated heterocycles. The van der Waals surface area contributed by atoms with Gasteiger partial charge in [0.2, 0.25) is 0 Å². The van der Waals surface area contributed by atoms with Crippen LogP contribution in [0, 0.1) is 0 Å². The van der Waals surface area contributed by atoms with Crippen molar-refractivity contribution in [2.45, 2.75) is 0 Å². The minimum absolute atomic E-state index is 0. The zero-order valence-corrected chi connectivity index (χ0v) is 8.23. The molecule has 9 heteroatoms. The third-order valence-electron chi connectivity index (χ3n) is 0. The van der Waals surface area contributed by atoms with Crippen LogP contribution in [0.15, 0.2) is 0 Å². The molecule has 0 radical (unpaired) electrons. The van der Waals surface area contributed by atoms with E-state index in [1.165, 1.54) is 0 Å². The average molecular weight is 296 g/mol. The van der Waals surface area contributed by atoms with Gasteiger partial charge in [-0.1, -0.05) is 0 Å². The molecule has 6 nitrogen and oxygen atoms in total. The first-order valence-corrected chi connectivity index (χ1v) is 4.12. The molecule has 0 saturated carbocycles. The van der Waals surface area contributed by atoms with Gasteiger partial charge in [-0.3, -0.25) is 0 Å². The fourth-order valence-electron chi connectivity index (χ4n) is 0. The van der Waals surface area contributed by atoms with Gasteiger partial charge in [0.05, 0.1) is 0 Å². The van der Waals surface area contributed by atoms with Crippen LogP contribution in [0.1, 0.15) is 0 Å². The first kappa shape index (κ1) is 16.6. The summed E-state index contributed by atoms with van der Waals surface area (Å²) < 4.78 is 51.2. The van der Waals surface area contributed by atoms with E-state index in [0.717, 1.165) is 0 Å². The van der Waals surface area contributed by atoms with Gasteiger partial charge >= 0.3 is 74.8 Å². The summed E-state index contributed by atoms with van der Waals surface area (Å²) in [6.07, 6.45) is 0. The molecule has 0 aromatic carbocycles. The van der Waals surface area contributed by atoms with E-state index in [0.29, 0.717) is 0 Å². The van der Waals surface area contributed by atoms with E-state index in [1.807, 2.05) is 0 Å². The Hall–Kier alpha value is 1.19. The van der Waals surface area contributed by atoms with E-state index in [2.05, 4.69) is 0 Å². The molecule has 0 aliphatic rings. The van der Waals surface area contributed by atoms with Crippen LogP contribution in [0.5, 0.6) is 0 Å². The molecule has 9 heavy (non-hydrogen) atoms. The van der Waals surface area contributed by atoms with Crippen molar-refractivity contribution in [1.82, 2.24) is 0 Å². The van der Waals surface area contributed by atoms with Gasteiger partial charge in [-0.15, -0.1) is 0 Å². The Labute approximate surface area is 74.5 Å². The molecule has 0 aromatic rings. The second-order valence-electron chi connectivity index (χ2n) is 0.408. The van der Waals surface area contributed by atoms with Crippen molar-refractivity contribution in [2.75, 3.05) is 0 Å². The molecule has 0 aromatic heterocycles. The summed E-state index contributed by atoms with van der Waals surface area (Å²) in [5, 5.41) is 0. The monoisotopic (exact) mass is 298 g/mol. The van der Waals surface area contributed by atoms with Gasteiger partial charge in [0.1, 0.15) is 0 Å². The third-order valence-corrected chi connectivity index (χ3v) is 0. The van der Waals surface area contributed by atoms with Crippen LogP contribution in [0.2, 0.25) is 0 Å². The Morgan fingerprint density at radius 2 is 0.778 bits per heavy atom. The van der Waals surface area contributed by atoms with Gasteiger partial charge in [-0.05, 0) is 0 Å². The van der Waals surface area contributed by atoms with E-state index in [4.69, 9.17) is 24.2 Å². The Morgan fingerprint density at radius 3 is 0.778 bits per heavy atom. The Balaban J connectivity index is -0.0000000720. The number of hydrogen-bond donors (Lipinski definition) is 0. The van der Waals surface area contributed by atoms with Crippen LogP contribution in [0.3, 0.4) is 0 Å². The average Bonchev–Trinajstić information content (AvgIpc) is 1.25. The maximum absolute atomic E-state index is 8.54. The molecule has 0 fully saturated rings. The number of rotatable bonds is 0. The third kappa shape index (κ3) is 334. The first-order chi connectivity index (χ1) is 3.46. The van der Waals surface area contributed by atoms with Crippen molar-refractivity contribution < 1.29 is 74.8 Å². The fourth-order valence-corrected chi connectivity index (χ4v) is 0. The van der Waals surface area contributed by atoms with Gasteiger partial charge in [0.15, 0.2) is 0 Å². The molecule has 0 atom stereocenters. The SMILES string of the molecule is [Mo+4].[O]=[Cr]([O-])[O-].[O]=[Cr]([O-])[O-]. The van der Waals surface area contributed by atoms with Gasteiger partial charge in [-0.25, -0.2) is 0 Å². The first-order valence-electron chi connectivity index (χ1n) is 1.00. The van der Waals surface area contributed by atoms with Crippen molar-refractivity contribution >= 4 is 0 Å². The van der Waals surface area contributed by atoms with Gasteiger partial charge in [-0.2, -0.15) is 0 Å². The van der Waals surface area contributed by atoms with Crippen molar-refractivity contribution in [1.29, 1.82) is 0 Å². The standard InChI is InChI=1S/2Cr.Mo.6O/q;;+4;;;4*-1. The summed E-state index contributed by atoms with van der Waals surface area (Å²) in [6.45, 7) is 0. The van der Waals surface area contributed by atoms with Crippen molar-refractivity contribution in [3.8, 4) is 0 Å². The second-order valence-corrected chi connectivity index (χ2v) is 1.68. The van der Waals surface area contributed by atoms with E-state index < -0.39 is 29.5 Å². The molecular weight excluding hydrogens is 296 g/mol. The van der Waals surface area contributed by atoms with Gasteiger partial charge in [0.25, 0.3) is 0 Å². The zero-order valence-electron chi connectivity index (χ0n) is 3.67. The van der Waals surface area contributed by atoms with E-state index in [9.17, 15) is 0 Å². The topological polar surface area (TPSA) is 126 Å². The zero-order chi connectivity index (χ0) is 7.15. The molecule has 0 aliphatic heterocycles. The molecular formula is Cr2MoO6. The summed E-state index contributed by atoms with van der Waals surface area (Å²) >= 11 is -7.58. The summed E-state index contributed by atoms with van der Waals surface area (Å²) in [5.74, 6) is 0. The van der Waals surface area contributed by atoms with Crippen LogP contribution in [0.25, 0.3) is 0 Å². The van der Waals surface area contributed by atoms with E-state index >= 15 is 0 Å². The summed E-state index contributed by atoms with van der Waals surface area (Å²) in [7, 11) is 0. The quantitative estimate of drug-likeness (QED) is 0.412. The molecule has 54 valence electrons. The summed E-state index contributed by atoms with van der Waals surface area (Å²) in [5.41, 5.74) is 0. The van der Waals surface area contributed by atoms with Crippen LogP contribution >= 0.6 is 0 Å². The normalized spacial score (nSPS) is 7.78. The minimum atomic E-state index is -3.79. The molecule has 0 amide bonds. The number of hydrogen-bond acceptors (Lipinski definition) is 6. The van der Waals surface area contributed by atoms with Crippen LogP contribution in [0.4, 0.5) is 0 Å². The van der Waals surface area contributed by atoms with E-state index in [-0.39, 0.29) is 21.1 Å². The van der Waals surface area contributed by atoms with Crippen LogP contribution < -0.4 is 16.6 Å². The van der Waals surface area contributed by atoms with Gasteiger partial charge in [0, 0.05) is 0 Å². The molecule has 0 bridgehead atoms. The molecule has 0 rings (SSSR count). The second kappa shape index (κ2) is 11.9. The molecule has 0 N–H and O–H groups in total. The summed E-state index contributed by atoms with van der Waals surface area (Å²) in [6, 6.07) is 0. The Kier molecular flexibility index (Phi) is 22.1. The van der Waals surface area contributed by atoms with Gasteiger partial charge < -0.3 is 0 Å². The summed E-state index contributed by atoms with van der Waals surface area (Å²) in [4.78, 5) is 0.